The van der Waals surface area contributed by atoms with Gasteiger partial charge in [-0.15, -0.1) is 0 Å². The van der Waals surface area contributed by atoms with Gasteiger partial charge < -0.3 is 9.64 Å². The number of carbonyl (C=O) groups is 1. The van der Waals surface area contributed by atoms with Crippen molar-refractivity contribution in [3.8, 4) is 5.88 Å². The molecule has 7 nitrogen and oxygen atoms in total. The van der Waals surface area contributed by atoms with Crippen molar-refractivity contribution < 1.29 is 13.9 Å². The molecular formula is C34H52FN5O2. The lowest BCUT2D eigenvalue weighted by atomic mass is 10.1. The van der Waals surface area contributed by atoms with Crippen molar-refractivity contribution in [2.24, 2.45) is 10.1 Å². The van der Waals surface area contributed by atoms with Crippen LogP contribution in [-0.2, 0) is 6.61 Å². The normalized spacial score (nSPS) is 12.9. The van der Waals surface area contributed by atoms with E-state index in [2.05, 4.69) is 80.7 Å². The first-order valence-electron chi connectivity index (χ1n) is 14.4. The van der Waals surface area contributed by atoms with Gasteiger partial charge in [0.05, 0.1) is 12.1 Å². The number of aromatic nitrogens is 1. The van der Waals surface area contributed by atoms with Gasteiger partial charge in [-0.25, -0.2) is 9.37 Å². The van der Waals surface area contributed by atoms with Crippen LogP contribution in [0.3, 0.4) is 0 Å². The number of carbonyl (C=O) groups excluding carboxylic acids is 1. The van der Waals surface area contributed by atoms with E-state index < -0.39 is 0 Å². The number of hydrogen-bond acceptors (Lipinski definition) is 6. The van der Waals surface area contributed by atoms with Crippen molar-refractivity contribution in [3.63, 3.8) is 0 Å². The van der Waals surface area contributed by atoms with Crippen LogP contribution in [0.2, 0.25) is 0 Å². The number of allylic oxidation sites excluding steroid dienone is 5. The van der Waals surface area contributed by atoms with Crippen LogP contribution in [0.15, 0.2) is 95.0 Å². The molecular weight excluding hydrogens is 529 g/mol. The maximum Gasteiger partial charge on any atom is 0.213 e. The fourth-order valence-electron chi connectivity index (χ4n) is 2.52. The second-order valence-corrected chi connectivity index (χ2v) is 9.10. The van der Waals surface area contributed by atoms with Gasteiger partial charge in [0, 0.05) is 30.4 Å². The summed E-state index contributed by atoms with van der Waals surface area (Å²) in [5.41, 5.74) is 5.48. The molecule has 1 aromatic carbocycles. The van der Waals surface area contributed by atoms with Crippen LogP contribution in [0.4, 0.5) is 4.39 Å². The maximum atomic E-state index is 13.5. The molecule has 2 heterocycles. The summed E-state index contributed by atoms with van der Waals surface area (Å²) in [4.78, 5) is 20.5. The summed E-state index contributed by atoms with van der Waals surface area (Å²) in [6.45, 7) is 17.4. The van der Waals surface area contributed by atoms with Gasteiger partial charge in [0.25, 0.3) is 0 Å². The van der Waals surface area contributed by atoms with E-state index in [1.54, 1.807) is 38.3 Å². The van der Waals surface area contributed by atoms with Gasteiger partial charge in [0.15, 0.2) is 6.29 Å². The predicted octanol–water partition coefficient (Wildman–Crippen LogP) is 8.22. The van der Waals surface area contributed by atoms with Crippen LogP contribution in [0.5, 0.6) is 5.88 Å². The Morgan fingerprint density at radius 1 is 1.10 bits per heavy atom. The summed E-state index contributed by atoms with van der Waals surface area (Å²) >= 11 is 0. The Balaban J connectivity index is 0. The highest BCUT2D eigenvalue weighted by atomic mass is 19.1. The number of hydrazone groups is 1. The Hall–Kier alpha value is -3.91. The van der Waals surface area contributed by atoms with E-state index in [9.17, 15) is 9.18 Å². The number of ether oxygens (including phenoxy) is 1. The van der Waals surface area contributed by atoms with Crippen molar-refractivity contribution in [3.05, 3.63) is 96.0 Å². The number of benzene rings is 1. The van der Waals surface area contributed by atoms with E-state index in [0.29, 0.717) is 35.8 Å². The highest BCUT2D eigenvalue weighted by Gasteiger charge is 2.18. The first-order chi connectivity index (χ1) is 20.2. The summed E-state index contributed by atoms with van der Waals surface area (Å²) in [7, 11) is 5.78. The number of nitrogens with one attached hydrogen (secondary N) is 1. The average molecular weight is 582 g/mol. The van der Waals surface area contributed by atoms with E-state index in [-0.39, 0.29) is 5.83 Å². The molecule has 0 unspecified atom stereocenters. The van der Waals surface area contributed by atoms with Gasteiger partial charge in [-0.3, -0.25) is 15.2 Å². The molecule has 232 valence electrons. The summed E-state index contributed by atoms with van der Waals surface area (Å²) in [6.07, 6.45) is 9.83. The summed E-state index contributed by atoms with van der Waals surface area (Å²) in [6, 6.07) is 13.2. The number of aldehydes is 1. The summed E-state index contributed by atoms with van der Waals surface area (Å²) in [5, 5.41) is 4.01. The molecule has 0 saturated carbocycles. The fourth-order valence-corrected chi connectivity index (χ4v) is 2.52. The Morgan fingerprint density at radius 2 is 1.69 bits per heavy atom. The number of hydrogen-bond donors (Lipinski definition) is 1. The second kappa shape index (κ2) is 27.3. The second-order valence-electron chi connectivity index (χ2n) is 9.10. The van der Waals surface area contributed by atoms with Gasteiger partial charge in [0.2, 0.25) is 5.88 Å². The topological polar surface area (TPSA) is 79.2 Å². The smallest absolute Gasteiger partial charge is 0.213 e. The molecule has 2 aromatic rings. The van der Waals surface area contributed by atoms with E-state index in [1.807, 2.05) is 30.3 Å². The Morgan fingerprint density at radius 3 is 2.10 bits per heavy atom. The molecule has 1 aliphatic heterocycles. The van der Waals surface area contributed by atoms with Gasteiger partial charge in [-0.05, 0) is 39.2 Å². The molecule has 42 heavy (non-hydrogen) atoms. The largest absolute Gasteiger partial charge is 0.473 e. The lowest BCUT2D eigenvalue weighted by Crippen LogP contribution is -2.10. The lowest BCUT2D eigenvalue weighted by Gasteiger charge is -2.04. The maximum absolute atomic E-state index is 13.5. The first kappa shape index (κ1) is 40.2. The molecule has 8 heteroatoms. The third-order valence-electron chi connectivity index (χ3n) is 4.79. The molecule has 0 amide bonds. The van der Waals surface area contributed by atoms with Crippen LogP contribution in [0.25, 0.3) is 0 Å². The molecule has 3 rings (SSSR count). The van der Waals surface area contributed by atoms with E-state index in [0.717, 1.165) is 24.2 Å². The fraction of sp³-hybridized carbons (Fsp3) is 0.412. The van der Waals surface area contributed by atoms with E-state index in [1.165, 1.54) is 25.1 Å². The van der Waals surface area contributed by atoms with E-state index in [4.69, 9.17) is 4.74 Å². The minimum atomic E-state index is -0.298. The van der Waals surface area contributed by atoms with Crippen LogP contribution >= 0.6 is 0 Å². The quantitative estimate of drug-likeness (QED) is 0.251. The minimum Gasteiger partial charge on any atom is -0.473 e. The minimum absolute atomic E-state index is 0.298. The number of aliphatic imine (C=N–C) groups is 1. The van der Waals surface area contributed by atoms with Crippen LogP contribution < -0.4 is 10.2 Å². The lowest BCUT2D eigenvalue weighted by molar-refractivity contribution is 0.112. The third kappa shape index (κ3) is 20.0. The van der Waals surface area contributed by atoms with Gasteiger partial charge in [-0.1, -0.05) is 103 Å². The standard InChI is InChI=1S/C13H11NO2.C11H14FN3.C4H11N.2C3H8/c15-9-12-6-7-13(14-8-12)16-10-11-4-2-1-3-5-11;1-4-6-8(9(12)5-2)10-7-11(13-3)15-14-10;1-4-5(2)3;2*1-3-2/h1-9H,10H2;4-6H,1,7H2,2-3H3,(H,13,15);4H2,1-3H3;2*3H2,1-2H3/b;8-6+,9-5+;;;. The van der Waals surface area contributed by atoms with Gasteiger partial charge in [-0.2, -0.15) is 5.10 Å². The monoisotopic (exact) mass is 581 g/mol. The average Bonchev–Trinajstić information content (AvgIpc) is 3.50. The highest BCUT2D eigenvalue weighted by Crippen LogP contribution is 2.18. The molecule has 0 saturated heterocycles. The van der Waals surface area contributed by atoms with Crippen LogP contribution in [0, 0.1) is 0 Å². The molecule has 1 aliphatic rings. The highest BCUT2D eigenvalue weighted by molar-refractivity contribution is 6.16. The zero-order valence-electron chi connectivity index (χ0n) is 27.2. The van der Waals surface area contributed by atoms with Crippen LogP contribution in [0.1, 0.15) is 76.7 Å². The molecule has 0 atom stereocenters. The van der Waals surface area contributed by atoms with Crippen LogP contribution in [-0.4, -0.2) is 55.4 Å². The third-order valence-corrected chi connectivity index (χ3v) is 4.79. The Bertz CT molecular complexity index is 1090. The van der Waals surface area contributed by atoms with Crippen molar-refractivity contribution in [1.29, 1.82) is 0 Å². The number of pyridine rings is 1. The molecule has 1 N–H and O–H groups in total. The first-order valence-corrected chi connectivity index (χ1v) is 14.4. The van der Waals surface area contributed by atoms with E-state index >= 15 is 0 Å². The summed E-state index contributed by atoms with van der Waals surface area (Å²) < 4.78 is 18.9. The van der Waals surface area contributed by atoms with Crippen molar-refractivity contribution >= 4 is 17.8 Å². The van der Waals surface area contributed by atoms with Gasteiger partial charge in [0.1, 0.15) is 18.3 Å². The number of nitrogens with zero attached hydrogens (tertiary/aromatic N) is 4. The molecule has 0 bridgehead atoms. The number of amidine groups is 1. The molecule has 0 radical (unpaired) electrons. The molecule has 0 spiro atoms. The molecule has 1 aromatic heterocycles. The zero-order valence-corrected chi connectivity index (χ0v) is 27.2. The molecule has 0 fully saturated rings. The molecule has 0 aliphatic carbocycles. The van der Waals surface area contributed by atoms with Crippen molar-refractivity contribution in [2.45, 2.75) is 67.4 Å². The van der Waals surface area contributed by atoms with Gasteiger partial charge >= 0.3 is 0 Å². The Labute approximate surface area is 254 Å². The predicted molar refractivity (Wildman–Crippen MR) is 178 cm³/mol. The number of rotatable bonds is 8. The zero-order chi connectivity index (χ0) is 32.2. The van der Waals surface area contributed by atoms with Crippen molar-refractivity contribution in [1.82, 2.24) is 15.3 Å². The SMILES string of the molecule is C=C/C=C(C1=NNC(=NC)C1)\C(F)=C/C.CCC.CCC.CCN(C)C.O=Cc1ccc(OCc2ccccc2)nc1. The summed E-state index contributed by atoms with van der Waals surface area (Å²) in [5.74, 6) is 0.964. The van der Waals surface area contributed by atoms with Crippen molar-refractivity contribution in [2.75, 3.05) is 27.7 Å². The Kier molecular flexibility index (Phi) is 26.1. The number of halogens is 1.